The Labute approximate surface area is 184 Å². The normalized spacial score (nSPS) is 24.6. The number of hydrogen-bond donors (Lipinski definition) is 0. The van der Waals surface area contributed by atoms with Crippen LogP contribution in [0.3, 0.4) is 0 Å². The fraction of sp³-hybridized carbons (Fsp3) is 0.708. The van der Waals surface area contributed by atoms with Crippen molar-refractivity contribution in [2.45, 2.75) is 64.0 Å². The number of rotatable bonds is 5. The summed E-state index contributed by atoms with van der Waals surface area (Å²) in [6.07, 6.45) is 8.71. The highest BCUT2D eigenvalue weighted by Gasteiger charge is 2.36. The molecule has 1 aromatic carbocycles. The lowest BCUT2D eigenvalue weighted by Crippen LogP contribution is -2.50. The topological polar surface area (TPSA) is 75.9 Å². The molecule has 7 heteroatoms. The molecule has 1 atom stereocenters. The third-order valence-electron chi connectivity index (χ3n) is 7.38. The van der Waals surface area contributed by atoms with Crippen LogP contribution in [0, 0.1) is 22.0 Å². The van der Waals surface area contributed by atoms with Gasteiger partial charge in [-0.05, 0) is 63.1 Å². The van der Waals surface area contributed by atoms with Crippen molar-refractivity contribution in [1.82, 2.24) is 9.80 Å². The standard InChI is InChI=1S/C24H35N3O4/c28-24(21-11-16-31-17-12-21)26-13-3-1-2-4-23(26)20-9-14-25(15-10-20)18-19-5-7-22(8-6-19)27(29)30/h5-8,20-21,23H,1-4,9-18H2. The molecule has 3 heterocycles. The molecule has 3 aliphatic heterocycles. The van der Waals surface area contributed by atoms with Gasteiger partial charge in [0.25, 0.3) is 5.69 Å². The molecule has 0 bridgehead atoms. The molecule has 3 aliphatic rings. The van der Waals surface area contributed by atoms with E-state index in [-0.39, 0.29) is 16.5 Å². The Bertz CT molecular complexity index is 740. The molecule has 0 saturated carbocycles. The lowest BCUT2D eigenvalue weighted by molar-refractivity contribution is -0.384. The molecule has 0 aromatic heterocycles. The van der Waals surface area contributed by atoms with Crippen LogP contribution in [0.5, 0.6) is 0 Å². The summed E-state index contributed by atoms with van der Waals surface area (Å²) in [6, 6.07) is 7.30. The van der Waals surface area contributed by atoms with Crippen LogP contribution >= 0.6 is 0 Å². The number of non-ortho nitro benzene ring substituents is 1. The summed E-state index contributed by atoms with van der Waals surface area (Å²) in [5, 5.41) is 10.8. The van der Waals surface area contributed by atoms with Crippen molar-refractivity contribution in [3.05, 3.63) is 39.9 Å². The minimum atomic E-state index is -0.352. The van der Waals surface area contributed by atoms with Crippen LogP contribution < -0.4 is 0 Å². The Hall–Kier alpha value is -1.99. The second kappa shape index (κ2) is 10.6. The Morgan fingerprint density at radius 3 is 2.35 bits per heavy atom. The molecule has 3 saturated heterocycles. The van der Waals surface area contributed by atoms with Gasteiger partial charge in [0.15, 0.2) is 0 Å². The zero-order valence-corrected chi connectivity index (χ0v) is 18.4. The summed E-state index contributed by atoms with van der Waals surface area (Å²) < 4.78 is 5.47. The molecule has 1 aromatic rings. The predicted molar refractivity (Wildman–Crippen MR) is 119 cm³/mol. The van der Waals surface area contributed by atoms with Gasteiger partial charge < -0.3 is 9.64 Å². The van der Waals surface area contributed by atoms with Gasteiger partial charge in [-0.2, -0.15) is 0 Å². The second-order valence-electron chi connectivity index (χ2n) is 9.37. The molecule has 7 nitrogen and oxygen atoms in total. The minimum absolute atomic E-state index is 0.144. The van der Waals surface area contributed by atoms with Gasteiger partial charge in [-0.3, -0.25) is 19.8 Å². The van der Waals surface area contributed by atoms with E-state index in [1.807, 2.05) is 12.1 Å². The van der Waals surface area contributed by atoms with Gasteiger partial charge in [-0.15, -0.1) is 0 Å². The first kappa shape index (κ1) is 22.2. The largest absolute Gasteiger partial charge is 0.381 e. The maximum Gasteiger partial charge on any atom is 0.269 e. The summed E-state index contributed by atoms with van der Waals surface area (Å²) in [4.78, 5) is 28.6. The Kier molecular flexibility index (Phi) is 7.56. The fourth-order valence-corrected chi connectivity index (χ4v) is 5.55. The minimum Gasteiger partial charge on any atom is -0.381 e. The SMILES string of the molecule is O=C(C1CCOCC1)N1CCCCCC1C1CCN(Cc2ccc([N+](=O)[O-])cc2)CC1. The van der Waals surface area contributed by atoms with Crippen molar-refractivity contribution in [3.8, 4) is 0 Å². The van der Waals surface area contributed by atoms with Gasteiger partial charge in [-0.1, -0.05) is 25.0 Å². The molecular formula is C24H35N3O4. The van der Waals surface area contributed by atoms with Crippen molar-refractivity contribution in [2.24, 2.45) is 11.8 Å². The van der Waals surface area contributed by atoms with E-state index in [0.717, 1.165) is 83.5 Å². The van der Waals surface area contributed by atoms with Crippen LogP contribution in [0.25, 0.3) is 0 Å². The predicted octanol–water partition coefficient (Wildman–Crippen LogP) is 4.00. The number of nitro groups is 1. The molecule has 31 heavy (non-hydrogen) atoms. The van der Waals surface area contributed by atoms with E-state index in [1.165, 1.54) is 12.8 Å². The average Bonchev–Trinajstić information content (AvgIpc) is 3.06. The molecule has 4 rings (SSSR count). The van der Waals surface area contributed by atoms with Gasteiger partial charge in [0.1, 0.15) is 0 Å². The van der Waals surface area contributed by atoms with Gasteiger partial charge in [0.2, 0.25) is 5.91 Å². The van der Waals surface area contributed by atoms with Crippen molar-refractivity contribution < 1.29 is 14.5 Å². The van der Waals surface area contributed by atoms with Gasteiger partial charge in [0, 0.05) is 50.4 Å². The van der Waals surface area contributed by atoms with Crippen molar-refractivity contribution in [2.75, 3.05) is 32.8 Å². The highest BCUT2D eigenvalue weighted by atomic mass is 16.6. The van der Waals surface area contributed by atoms with Crippen LogP contribution in [0.2, 0.25) is 0 Å². The summed E-state index contributed by atoms with van der Waals surface area (Å²) in [6.45, 7) is 5.24. The van der Waals surface area contributed by atoms with E-state index in [1.54, 1.807) is 12.1 Å². The van der Waals surface area contributed by atoms with E-state index in [2.05, 4.69) is 9.80 Å². The number of ether oxygens (including phenoxy) is 1. The van der Waals surface area contributed by atoms with E-state index in [0.29, 0.717) is 17.9 Å². The van der Waals surface area contributed by atoms with Gasteiger partial charge in [-0.25, -0.2) is 0 Å². The number of carbonyl (C=O) groups is 1. The molecule has 0 radical (unpaired) electrons. The number of hydrogen-bond acceptors (Lipinski definition) is 5. The summed E-state index contributed by atoms with van der Waals surface area (Å²) >= 11 is 0. The number of carbonyl (C=O) groups excluding carboxylic acids is 1. The van der Waals surface area contributed by atoms with Gasteiger partial charge >= 0.3 is 0 Å². The number of benzene rings is 1. The fourth-order valence-electron chi connectivity index (χ4n) is 5.55. The molecule has 1 unspecified atom stereocenters. The van der Waals surface area contributed by atoms with E-state index < -0.39 is 0 Å². The monoisotopic (exact) mass is 429 g/mol. The highest BCUT2D eigenvalue weighted by Crippen LogP contribution is 2.32. The summed E-state index contributed by atoms with van der Waals surface area (Å²) in [5.74, 6) is 1.11. The quantitative estimate of drug-likeness (QED) is 0.522. The Morgan fingerprint density at radius 1 is 0.968 bits per heavy atom. The first-order valence-electron chi connectivity index (χ1n) is 12.0. The van der Waals surface area contributed by atoms with Gasteiger partial charge in [0.05, 0.1) is 4.92 Å². The lowest BCUT2D eigenvalue weighted by atomic mass is 9.85. The molecule has 170 valence electrons. The molecule has 1 amide bonds. The smallest absolute Gasteiger partial charge is 0.269 e. The van der Waals surface area contributed by atoms with Crippen molar-refractivity contribution in [1.29, 1.82) is 0 Å². The number of nitro benzene ring substituents is 1. The van der Waals surface area contributed by atoms with Crippen LogP contribution in [0.15, 0.2) is 24.3 Å². The van der Waals surface area contributed by atoms with Crippen molar-refractivity contribution in [3.63, 3.8) is 0 Å². The first-order valence-corrected chi connectivity index (χ1v) is 12.0. The second-order valence-corrected chi connectivity index (χ2v) is 9.37. The van der Waals surface area contributed by atoms with Crippen LogP contribution in [-0.4, -0.2) is 59.5 Å². The Morgan fingerprint density at radius 2 is 1.68 bits per heavy atom. The zero-order chi connectivity index (χ0) is 21.6. The third-order valence-corrected chi connectivity index (χ3v) is 7.38. The highest BCUT2D eigenvalue weighted by molar-refractivity contribution is 5.79. The van der Waals surface area contributed by atoms with E-state index in [4.69, 9.17) is 4.74 Å². The van der Waals surface area contributed by atoms with Crippen molar-refractivity contribution >= 4 is 11.6 Å². The third kappa shape index (κ3) is 5.63. The van der Waals surface area contributed by atoms with Crippen LogP contribution in [-0.2, 0) is 16.1 Å². The molecule has 0 spiro atoms. The number of amides is 1. The number of piperidine rings is 1. The Balaban J connectivity index is 1.34. The van der Waals surface area contributed by atoms with E-state index in [9.17, 15) is 14.9 Å². The maximum absolute atomic E-state index is 13.4. The average molecular weight is 430 g/mol. The van der Waals surface area contributed by atoms with Crippen LogP contribution in [0.1, 0.15) is 56.9 Å². The molecule has 0 aliphatic carbocycles. The van der Waals surface area contributed by atoms with Crippen LogP contribution in [0.4, 0.5) is 5.69 Å². The summed E-state index contributed by atoms with van der Waals surface area (Å²) in [5.41, 5.74) is 1.26. The lowest BCUT2D eigenvalue weighted by Gasteiger charge is -2.42. The molecule has 3 fully saturated rings. The maximum atomic E-state index is 13.4. The molecular weight excluding hydrogens is 394 g/mol. The number of nitrogens with zero attached hydrogens (tertiary/aromatic N) is 3. The summed E-state index contributed by atoms with van der Waals surface area (Å²) in [7, 11) is 0. The zero-order valence-electron chi connectivity index (χ0n) is 18.4. The number of likely N-dealkylation sites (tertiary alicyclic amines) is 2. The molecule has 0 N–H and O–H groups in total. The van der Waals surface area contributed by atoms with E-state index >= 15 is 0 Å². The first-order chi connectivity index (χ1) is 15.1.